The fourth-order valence-corrected chi connectivity index (χ4v) is 4.76. The average molecular weight is 269 g/mol. The summed E-state index contributed by atoms with van der Waals surface area (Å²) in [6.07, 6.45) is 8.45. The summed E-state index contributed by atoms with van der Waals surface area (Å²) in [5.74, 6) is 2.31. The monoisotopic (exact) mass is 269 g/mol. The van der Waals surface area contributed by atoms with Crippen molar-refractivity contribution in [2.75, 3.05) is 12.3 Å². The van der Waals surface area contributed by atoms with Crippen LogP contribution < -0.4 is 5.32 Å². The summed E-state index contributed by atoms with van der Waals surface area (Å²) in [6, 6.07) is 0.793. The van der Waals surface area contributed by atoms with Gasteiger partial charge < -0.3 is 5.32 Å². The molecule has 0 radical (unpaired) electrons. The van der Waals surface area contributed by atoms with Crippen LogP contribution in [-0.2, 0) is 0 Å². The fraction of sp³-hybridized carbons (Fsp3) is 1.00. The zero-order valence-electron chi connectivity index (χ0n) is 12.7. The highest BCUT2D eigenvalue weighted by atomic mass is 32.2. The first-order valence-electron chi connectivity index (χ1n) is 7.76. The molecule has 0 spiro atoms. The molecule has 1 saturated heterocycles. The van der Waals surface area contributed by atoms with Crippen LogP contribution in [0.25, 0.3) is 0 Å². The second-order valence-corrected chi connectivity index (χ2v) is 9.38. The highest BCUT2D eigenvalue weighted by Gasteiger charge is 2.32. The lowest BCUT2D eigenvalue weighted by Crippen LogP contribution is -2.42. The third-order valence-corrected chi connectivity index (χ3v) is 6.56. The lowest BCUT2D eigenvalue weighted by atomic mass is 9.71. The van der Waals surface area contributed by atoms with Gasteiger partial charge >= 0.3 is 0 Å². The van der Waals surface area contributed by atoms with Crippen molar-refractivity contribution in [1.29, 1.82) is 0 Å². The Balaban J connectivity index is 1.71. The molecule has 0 aromatic heterocycles. The van der Waals surface area contributed by atoms with E-state index in [4.69, 9.17) is 0 Å². The number of hydrogen-bond donors (Lipinski definition) is 1. The van der Waals surface area contributed by atoms with Gasteiger partial charge in [-0.3, -0.25) is 0 Å². The minimum Gasteiger partial charge on any atom is -0.313 e. The molecule has 0 aromatic rings. The van der Waals surface area contributed by atoms with Gasteiger partial charge in [0.2, 0.25) is 0 Å². The molecule has 1 nitrogen and oxygen atoms in total. The molecule has 1 aliphatic carbocycles. The molecule has 2 aliphatic rings. The van der Waals surface area contributed by atoms with Crippen molar-refractivity contribution in [3.05, 3.63) is 0 Å². The minimum absolute atomic E-state index is 0.512. The van der Waals surface area contributed by atoms with Gasteiger partial charge in [-0.15, -0.1) is 0 Å². The van der Waals surface area contributed by atoms with Gasteiger partial charge in [0.1, 0.15) is 0 Å². The molecular formula is C16H31NS. The van der Waals surface area contributed by atoms with Crippen molar-refractivity contribution < 1.29 is 0 Å². The molecule has 0 amide bonds. The largest absolute Gasteiger partial charge is 0.313 e. The Kier molecular flexibility index (Phi) is 4.70. The van der Waals surface area contributed by atoms with E-state index in [0.717, 1.165) is 12.0 Å². The Hall–Kier alpha value is 0.310. The molecule has 1 N–H and O–H groups in total. The van der Waals surface area contributed by atoms with Gasteiger partial charge in [-0.2, -0.15) is 11.8 Å². The molecule has 0 bridgehead atoms. The maximum atomic E-state index is 3.86. The van der Waals surface area contributed by atoms with Gasteiger partial charge in [0.25, 0.3) is 0 Å². The topological polar surface area (TPSA) is 12.0 Å². The summed E-state index contributed by atoms with van der Waals surface area (Å²) < 4.78 is 0.529. The van der Waals surface area contributed by atoms with Crippen LogP contribution in [0.2, 0.25) is 0 Å². The van der Waals surface area contributed by atoms with E-state index in [2.05, 4.69) is 44.8 Å². The second kappa shape index (κ2) is 5.75. The van der Waals surface area contributed by atoms with Crippen LogP contribution in [0.15, 0.2) is 0 Å². The molecule has 1 aliphatic heterocycles. The van der Waals surface area contributed by atoms with Crippen LogP contribution in [0.1, 0.15) is 66.2 Å². The second-order valence-electron chi connectivity index (χ2n) is 7.70. The van der Waals surface area contributed by atoms with E-state index in [0.29, 0.717) is 10.2 Å². The molecule has 1 heterocycles. The van der Waals surface area contributed by atoms with E-state index in [-0.39, 0.29) is 0 Å². The van der Waals surface area contributed by atoms with E-state index in [1.807, 2.05) is 0 Å². The molecule has 106 valence electrons. The standard InChI is InChI=1S/C16H31NS/c1-15(2,3)13-6-8-14(9-7-13)17-12-16(4)10-5-11-18-16/h13-14,17H,5-12H2,1-4H3. The van der Waals surface area contributed by atoms with Crippen molar-refractivity contribution >= 4 is 11.8 Å². The first kappa shape index (κ1) is 14.7. The summed E-state index contributed by atoms with van der Waals surface area (Å²) in [6.45, 7) is 10.9. The molecule has 2 fully saturated rings. The van der Waals surface area contributed by atoms with Gasteiger partial charge in [0, 0.05) is 17.3 Å². The summed E-state index contributed by atoms with van der Waals surface area (Å²) in [5, 5.41) is 3.86. The van der Waals surface area contributed by atoms with E-state index < -0.39 is 0 Å². The van der Waals surface area contributed by atoms with Crippen LogP contribution in [0.3, 0.4) is 0 Å². The first-order valence-corrected chi connectivity index (χ1v) is 8.75. The summed E-state index contributed by atoms with van der Waals surface area (Å²) >= 11 is 2.18. The summed E-state index contributed by atoms with van der Waals surface area (Å²) in [7, 11) is 0. The number of rotatable bonds is 3. The molecule has 1 unspecified atom stereocenters. The smallest absolute Gasteiger partial charge is 0.0256 e. The van der Waals surface area contributed by atoms with E-state index in [1.165, 1.54) is 50.8 Å². The van der Waals surface area contributed by atoms with Gasteiger partial charge in [0.15, 0.2) is 0 Å². The van der Waals surface area contributed by atoms with E-state index >= 15 is 0 Å². The number of hydrogen-bond acceptors (Lipinski definition) is 2. The van der Waals surface area contributed by atoms with E-state index in [9.17, 15) is 0 Å². The van der Waals surface area contributed by atoms with Gasteiger partial charge in [-0.25, -0.2) is 0 Å². The van der Waals surface area contributed by atoms with Crippen LogP contribution in [0.4, 0.5) is 0 Å². The minimum atomic E-state index is 0.512. The average Bonchev–Trinajstić information content (AvgIpc) is 2.74. The summed E-state index contributed by atoms with van der Waals surface area (Å²) in [4.78, 5) is 0. The van der Waals surface area contributed by atoms with Gasteiger partial charge in [-0.1, -0.05) is 20.8 Å². The highest BCUT2D eigenvalue weighted by molar-refractivity contribution is 8.00. The zero-order chi connectivity index (χ0) is 13.2. The van der Waals surface area contributed by atoms with E-state index in [1.54, 1.807) is 0 Å². The predicted octanol–water partition coefficient (Wildman–Crippen LogP) is 4.47. The normalized spacial score (nSPS) is 38.0. The molecule has 1 saturated carbocycles. The number of nitrogens with one attached hydrogen (secondary N) is 1. The Morgan fingerprint density at radius 3 is 2.33 bits per heavy atom. The Labute approximate surface area is 118 Å². The molecule has 2 heteroatoms. The van der Waals surface area contributed by atoms with Crippen LogP contribution in [0, 0.1) is 11.3 Å². The SMILES string of the molecule is CC1(CNC2CCC(C(C)(C)C)CC2)CCCS1. The lowest BCUT2D eigenvalue weighted by molar-refractivity contribution is 0.159. The fourth-order valence-electron chi connectivity index (χ4n) is 3.50. The quantitative estimate of drug-likeness (QED) is 0.811. The van der Waals surface area contributed by atoms with Gasteiger partial charge in [0.05, 0.1) is 0 Å². The van der Waals surface area contributed by atoms with Gasteiger partial charge in [-0.05, 0) is 62.5 Å². The predicted molar refractivity (Wildman–Crippen MR) is 83.3 cm³/mol. The van der Waals surface area contributed by atoms with Crippen molar-refractivity contribution in [2.45, 2.75) is 77.0 Å². The van der Waals surface area contributed by atoms with Crippen LogP contribution in [-0.4, -0.2) is 23.1 Å². The maximum absolute atomic E-state index is 3.86. The zero-order valence-corrected chi connectivity index (χ0v) is 13.5. The third kappa shape index (κ3) is 3.90. The molecule has 0 aromatic carbocycles. The lowest BCUT2D eigenvalue weighted by Gasteiger charge is -2.38. The van der Waals surface area contributed by atoms with Crippen molar-refractivity contribution in [3.8, 4) is 0 Å². The molecule has 2 rings (SSSR count). The molecule has 18 heavy (non-hydrogen) atoms. The van der Waals surface area contributed by atoms with Crippen LogP contribution in [0.5, 0.6) is 0 Å². The highest BCUT2D eigenvalue weighted by Crippen LogP contribution is 2.39. The Morgan fingerprint density at radius 1 is 1.17 bits per heavy atom. The summed E-state index contributed by atoms with van der Waals surface area (Å²) in [5.41, 5.74) is 0.512. The Bertz CT molecular complexity index is 255. The number of thioether (sulfide) groups is 1. The molecular weight excluding hydrogens is 238 g/mol. The van der Waals surface area contributed by atoms with Crippen molar-refractivity contribution in [2.24, 2.45) is 11.3 Å². The Morgan fingerprint density at radius 2 is 1.83 bits per heavy atom. The maximum Gasteiger partial charge on any atom is 0.0256 e. The van der Waals surface area contributed by atoms with Crippen molar-refractivity contribution in [1.82, 2.24) is 5.32 Å². The van der Waals surface area contributed by atoms with Crippen LogP contribution >= 0.6 is 11.8 Å². The molecule has 1 atom stereocenters. The van der Waals surface area contributed by atoms with Crippen molar-refractivity contribution in [3.63, 3.8) is 0 Å². The first-order chi connectivity index (χ1) is 8.39. The third-order valence-electron chi connectivity index (χ3n) is 5.02.